The smallest absolute Gasteiger partial charge is 0.206 e. The summed E-state index contributed by atoms with van der Waals surface area (Å²) in [6.45, 7) is -2.56. The van der Waals surface area contributed by atoms with Crippen molar-refractivity contribution in [2.45, 2.75) is 11.8 Å². The van der Waals surface area contributed by atoms with E-state index >= 15 is 0 Å². The monoisotopic (exact) mass is 749 g/mol. The molecule has 1 aromatic heterocycles. The second-order valence-electron chi connectivity index (χ2n) is 11.1. The molecule has 7 nitrogen and oxygen atoms in total. The van der Waals surface area contributed by atoms with Crippen molar-refractivity contribution in [1.29, 1.82) is 21.0 Å². The number of rotatable bonds is 11. The van der Waals surface area contributed by atoms with E-state index in [1.807, 2.05) is 24.3 Å². The molecule has 0 aliphatic heterocycles. The second-order valence-corrected chi connectivity index (χ2v) is 12.1. The first-order chi connectivity index (χ1) is 24.8. The van der Waals surface area contributed by atoms with Crippen molar-refractivity contribution in [3.63, 3.8) is 0 Å². The Balaban J connectivity index is 1.46. The molecule has 2 unspecified atom stereocenters. The first-order valence-corrected chi connectivity index (χ1v) is 15.5. The number of ether oxygens (including phenoxy) is 2. The highest BCUT2D eigenvalue weighted by Crippen LogP contribution is 2.72. The summed E-state index contributed by atoms with van der Waals surface area (Å²) in [5, 5.41) is 42.1. The molecule has 1 aliphatic rings. The van der Waals surface area contributed by atoms with Crippen molar-refractivity contribution in [3.05, 3.63) is 110 Å². The van der Waals surface area contributed by atoms with Gasteiger partial charge in [-0.2, -0.15) is 38.6 Å². The number of nitrogens with zero attached hydrogens (tertiary/aromatic N) is 5. The van der Waals surface area contributed by atoms with E-state index in [4.69, 9.17) is 9.47 Å². The highest BCUT2D eigenvalue weighted by atomic mass is 32.1. The minimum atomic E-state index is -2.43. The van der Waals surface area contributed by atoms with Gasteiger partial charge < -0.3 is 14.4 Å². The summed E-state index contributed by atoms with van der Waals surface area (Å²) in [6, 6.07) is 16.2. The maximum absolute atomic E-state index is 14.2. The number of anilines is 1. The van der Waals surface area contributed by atoms with E-state index in [9.17, 15) is 65.0 Å². The van der Waals surface area contributed by atoms with Gasteiger partial charge in [0.25, 0.3) is 0 Å². The molecule has 18 heteroatoms. The minimum Gasteiger partial charge on any atom is -0.486 e. The SMILES string of the molecule is N#CC1(C#N)C(c2ccc(N(CCOc3c(F)c(F)c(F)c(F)c3F)CCOc3c(F)c(F)c(F)c(F)c3F)cc2)C(c2cccs2)C1(C#N)C#N. The Hall–Kier alpha value is -5.98. The van der Waals surface area contributed by atoms with Crippen LogP contribution >= 0.6 is 11.3 Å². The molecular weight excluding hydrogens is 732 g/mol. The Morgan fingerprint density at radius 2 is 0.942 bits per heavy atom. The van der Waals surface area contributed by atoms with E-state index in [1.165, 1.54) is 40.5 Å². The molecule has 266 valence electrons. The Kier molecular flexibility index (Phi) is 10.3. The lowest BCUT2D eigenvalue weighted by molar-refractivity contribution is 0.0544. The minimum absolute atomic E-state index is 0.143. The molecule has 0 bridgehead atoms. The molecule has 1 saturated carbocycles. The lowest BCUT2D eigenvalue weighted by Crippen LogP contribution is -2.60. The highest BCUT2D eigenvalue weighted by molar-refractivity contribution is 7.10. The lowest BCUT2D eigenvalue weighted by atomic mass is 9.38. The van der Waals surface area contributed by atoms with Gasteiger partial charge in [0.05, 0.1) is 37.4 Å². The van der Waals surface area contributed by atoms with Crippen molar-refractivity contribution < 1.29 is 53.4 Å². The fourth-order valence-corrected chi connectivity index (χ4v) is 7.00. The average molecular weight is 750 g/mol. The summed E-state index contributed by atoms with van der Waals surface area (Å²) in [5.74, 6) is -28.2. The normalized spacial score (nSPS) is 16.8. The van der Waals surface area contributed by atoms with Gasteiger partial charge in [-0.15, -0.1) is 11.3 Å². The van der Waals surface area contributed by atoms with Crippen molar-refractivity contribution in [2.24, 2.45) is 10.8 Å². The van der Waals surface area contributed by atoms with Crippen LogP contribution in [0, 0.1) is 114 Å². The second kappa shape index (κ2) is 14.3. The summed E-state index contributed by atoms with van der Waals surface area (Å²) in [7, 11) is 0. The van der Waals surface area contributed by atoms with Gasteiger partial charge in [0, 0.05) is 22.4 Å². The molecule has 0 spiro atoms. The van der Waals surface area contributed by atoms with Gasteiger partial charge in [0.1, 0.15) is 13.2 Å². The zero-order valence-corrected chi connectivity index (χ0v) is 26.6. The summed E-state index contributed by atoms with van der Waals surface area (Å²) < 4.78 is 148. The number of hydrogen-bond acceptors (Lipinski definition) is 8. The van der Waals surface area contributed by atoms with Gasteiger partial charge in [-0.3, -0.25) is 0 Å². The zero-order valence-electron chi connectivity index (χ0n) is 25.8. The van der Waals surface area contributed by atoms with Crippen LogP contribution in [-0.2, 0) is 0 Å². The molecule has 2 atom stereocenters. The molecular formula is C34H17F10N5O2S. The summed E-state index contributed by atoms with van der Waals surface area (Å²) in [5.41, 5.74) is -3.74. The Morgan fingerprint density at radius 3 is 1.31 bits per heavy atom. The van der Waals surface area contributed by atoms with Crippen molar-refractivity contribution in [2.75, 3.05) is 31.2 Å². The molecule has 0 saturated heterocycles. The number of thiophene rings is 1. The third-order valence-corrected chi connectivity index (χ3v) is 9.57. The highest BCUT2D eigenvalue weighted by Gasteiger charge is 2.76. The number of benzene rings is 3. The standard InChI is InChI=1S/C34H17F10N5O2S/c35-21-23(37)27(41)31(28(42)24(21)38)50-9-7-49(8-10-51-32-29(43)25(39)22(36)26(40)30(32)44)17-5-3-16(4-6-17)19-20(18-2-1-11-52-18)34(14-47,15-48)33(19,12-45)13-46/h1-6,11,19-20H,7-10H2. The first-order valence-electron chi connectivity index (χ1n) is 14.6. The number of halogens is 10. The van der Waals surface area contributed by atoms with Crippen molar-refractivity contribution in [3.8, 4) is 35.8 Å². The predicted octanol–water partition coefficient (Wildman–Crippen LogP) is 8.05. The Morgan fingerprint density at radius 1 is 0.558 bits per heavy atom. The molecule has 1 heterocycles. The zero-order chi connectivity index (χ0) is 38.1. The maximum Gasteiger partial charge on any atom is 0.206 e. The lowest BCUT2D eigenvalue weighted by Gasteiger charge is -2.55. The van der Waals surface area contributed by atoms with Crippen LogP contribution in [0.25, 0.3) is 0 Å². The van der Waals surface area contributed by atoms with E-state index < -0.39 is 119 Å². The summed E-state index contributed by atoms with van der Waals surface area (Å²) in [4.78, 5) is 1.76. The molecule has 4 aromatic rings. The Bertz CT molecular complexity index is 2050. The van der Waals surface area contributed by atoms with Crippen LogP contribution in [-0.4, -0.2) is 26.3 Å². The maximum atomic E-state index is 14.2. The van der Waals surface area contributed by atoms with Crippen LogP contribution in [0.2, 0.25) is 0 Å². The van der Waals surface area contributed by atoms with Crippen molar-refractivity contribution >= 4 is 17.0 Å². The summed E-state index contributed by atoms with van der Waals surface area (Å²) >= 11 is 1.19. The quantitative estimate of drug-likeness (QED) is 0.0866. The van der Waals surface area contributed by atoms with E-state index in [-0.39, 0.29) is 5.69 Å². The number of nitriles is 4. The predicted molar refractivity (Wildman–Crippen MR) is 159 cm³/mol. The largest absolute Gasteiger partial charge is 0.486 e. The molecule has 5 rings (SSSR count). The molecule has 3 aromatic carbocycles. The van der Waals surface area contributed by atoms with Gasteiger partial charge in [-0.1, -0.05) is 18.2 Å². The van der Waals surface area contributed by atoms with E-state index in [0.29, 0.717) is 10.4 Å². The molecule has 52 heavy (non-hydrogen) atoms. The van der Waals surface area contributed by atoms with Crippen LogP contribution in [0.1, 0.15) is 22.3 Å². The van der Waals surface area contributed by atoms with Gasteiger partial charge in [-0.25, -0.2) is 26.3 Å². The fourth-order valence-electron chi connectivity index (χ4n) is 6.06. The molecule has 1 aliphatic carbocycles. The number of hydrogen-bond donors (Lipinski definition) is 0. The van der Waals surface area contributed by atoms with Crippen LogP contribution < -0.4 is 14.4 Å². The molecule has 0 N–H and O–H groups in total. The van der Waals surface area contributed by atoms with Gasteiger partial charge in [0.2, 0.25) is 58.2 Å². The topological polar surface area (TPSA) is 117 Å². The molecule has 1 fully saturated rings. The van der Waals surface area contributed by atoms with Gasteiger partial charge in [0.15, 0.2) is 22.3 Å². The van der Waals surface area contributed by atoms with E-state index in [0.717, 1.165) is 0 Å². The van der Waals surface area contributed by atoms with Gasteiger partial charge in [-0.05, 0) is 29.1 Å². The average Bonchev–Trinajstić information content (AvgIpc) is 3.68. The van der Waals surface area contributed by atoms with Crippen LogP contribution in [0.5, 0.6) is 11.5 Å². The summed E-state index contributed by atoms with van der Waals surface area (Å²) in [6.07, 6.45) is 0. The van der Waals surface area contributed by atoms with E-state index in [1.54, 1.807) is 17.5 Å². The third-order valence-electron chi connectivity index (χ3n) is 8.62. The molecule has 0 radical (unpaired) electrons. The van der Waals surface area contributed by atoms with Crippen LogP contribution in [0.4, 0.5) is 49.6 Å². The first kappa shape index (κ1) is 37.3. The van der Waals surface area contributed by atoms with Gasteiger partial charge >= 0.3 is 0 Å². The third kappa shape index (κ3) is 5.66. The van der Waals surface area contributed by atoms with Crippen molar-refractivity contribution in [1.82, 2.24) is 0 Å². The van der Waals surface area contributed by atoms with E-state index in [2.05, 4.69) is 0 Å². The molecule has 0 amide bonds. The van der Waals surface area contributed by atoms with Crippen LogP contribution in [0.3, 0.4) is 0 Å². The van der Waals surface area contributed by atoms with Crippen LogP contribution in [0.15, 0.2) is 41.8 Å². The Labute approximate surface area is 291 Å². The fraction of sp³-hybridized carbons (Fsp3) is 0.235.